The van der Waals surface area contributed by atoms with Gasteiger partial charge in [0.1, 0.15) is 16.7 Å². The zero-order chi connectivity index (χ0) is 13.7. The molecular formula is C13H23N3OS. The van der Waals surface area contributed by atoms with Crippen LogP contribution in [0.2, 0.25) is 0 Å². The number of aliphatic hydroxyl groups is 1. The maximum atomic E-state index is 9.07. The largest absolute Gasteiger partial charge is 0.396 e. The summed E-state index contributed by atoms with van der Waals surface area (Å²) in [7, 11) is 1.88. The topological polar surface area (TPSA) is 58.0 Å². The summed E-state index contributed by atoms with van der Waals surface area (Å²) in [6.45, 7) is 8.46. The van der Waals surface area contributed by atoms with Gasteiger partial charge in [-0.25, -0.2) is 9.97 Å². The van der Waals surface area contributed by atoms with Crippen LogP contribution in [0.1, 0.15) is 38.1 Å². The van der Waals surface area contributed by atoms with Gasteiger partial charge in [0.2, 0.25) is 0 Å². The van der Waals surface area contributed by atoms with Crippen molar-refractivity contribution in [2.75, 3.05) is 24.7 Å². The Morgan fingerprint density at radius 2 is 1.94 bits per heavy atom. The lowest BCUT2D eigenvalue weighted by Gasteiger charge is -2.14. The summed E-state index contributed by atoms with van der Waals surface area (Å²) < 4.78 is 0. The number of anilines is 1. The van der Waals surface area contributed by atoms with E-state index in [0.29, 0.717) is 5.92 Å². The van der Waals surface area contributed by atoms with E-state index in [4.69, 9.17) is 5.11 Å². The molecule has 1 rings (SSSR count). The molecular weight excluding hydrogens is 246 g/mol. The molecule has 0 saturated heterocycles. The van der Waals surface area contributed by atoms with Crippen LogP contribution in [-0.4, -0.2) is 34.5 Å². The maximum absolute atomic E-state index is 9.07. The molecule has 1 aromatic heterocycles. The number of hydrogen-bond acceptors (Lipinski definition) is 5. The molecule has 1 aromatic rings. The standard InChI is InChI=1S/C13H23N3OS/c1-8(2)11-15-12(14-5)10(4)13(16-11)18-7-9(3)6-17/h8-9,17H,6-7H2,1-5H3,(H,14,15,16). The molecule has 0 aromatic carbocycles. The Morgan fingerprint density at radius 1 is 1.28 bits per heavy atom. The first kappa shape index (κ1) is 15.2. The van der Waals surface area contributed by atoms with Crippen LogP contribution in [0.15, 0.2) is 5.03 Å². The van der Waals surface area contributed by atoms with Gasteiger partial charge in [0, 0.05) is 30.9 Å². The van der Waals surface area contributed by atoms with Gasteiger partial charge in [-0.3, -0.25) is 0 Å². The first-order valence-electron chi connectivity index (χ1n) is 6.29. The van der Waals surface area contributed by atoms with Gasteiger partial charge in [0.05, 0.1) is 0 Å². The number of rotatable bonds is 6. The molecule has 5 heteroatoms. The van der Waals surface area contributed by atoms with Crippen LogP contribution in [0.25, 0.3) is 0 Å². The lowest BCUT2D eigenvalue weighted by atomic mass is 10.2. The minimum Gasteiger partial charge on any atom is -0.396 e. The van der Waals surface area contributed by atoms with Crippen LogP contribution in [-0.2, 0) is 0 Å². The minimum absolute atomic E-state index is 0.215. The summed E-state index contributed by atoms with van der Waals surface area (Å²) in [4.78, 5) is 9.13. The number of nitrogens with zero attached hydrogens (tertiary/aromatic N) is 2. The molecule has 0 aliphatic heterocycles. The van der Waals surface area contributed by atoms with Gasteiger partial charge in [0.25, 0.3) is 0 Å². The van der Waals surface area contributed by atoms with Crippen molar-refractivity contribution in [3.63, 3.8) is 0 Å². The third-order valence-electron chi connectivity index (χ3n) is 2.69. The van der Waals surface area contributed by atoms with E-state index in [0.717, 1.165) is 28.0 Å². The minimum atomic E-state index is 0.215. The van der Waals surface area contributed by atoms with E-state index in [2.05, 4.69) is 29.1 Å². The van der Waals surface area contributed by atoms with E-state index in [1.165, 1.54) is 0 Å². The number of aromatic nitrogens is 2. The van der Waals surface area contributed by atoms with Gasteiger partial charge in [0.15, 0.2) is 0 Å². The molecule has 1 unspecified atom stereocenters. The van der Waals surface area contributed by atoms with Crippen molar-refractivity contribution < 1.29 is 5.11 Å². The third kappa shape index (κ3) is 3.85. The zero-order valence-corrected chi connectivity index (χ0v) is 12.6. The predicted octanol–water partition coefficient (Wildman–Crippen LogP) is 2.67. The fraction of sp³-hybridized carbons (Fsp3) is 0.692. The Bertz CT molecular complexity index is 396. The normalized spacial score (nSPS) is 12.8. The van der Waals surface area contributed by atoms with Gasteiger partial charge >= 0.3 is 0 Å². The highest BCUT2D eigenvalue weighted by molar-refractivity contribution is 7.99. The molecule has 0 aliphatic carbocycles. The second-order valence-corrected chi connectivity index (χ2v) is 5.87. The fourth-order valence-corrected chi connectivity index (χ4v) is 2.45. The number of thioether (sulfide) groups is 1. The highest BCUT2D eigenvalue weighted by Crippen LogP contribution is 2.28. The van der Waals surface area contributed by atoms with Crippen molar-refractivity contribution in [3.05, 3.63) is 11.4 Å². The predicted molar refractivity (Wildman–Crippen MR) is 77.4 cm³/mol. The van der Waals surface area contributed by atoms with E-state index in [9.17, 15) is 0 Å². The summed E-state index contributed by atoms with van der Waals surface area (Å²) in [6.07, 6.45) is 0. The Kier molecular flexibility index (Phi) is 5.88. The van der Waals surface area contributed by atoms with Crippen LogP contribution in [0.4, 0.5) is 5.82 Å². The van der Waals surface area contributed by atoms with E-state index in [1.54, 1.807) is 11.8 Å². The Labute approximate surface area is 114 Å². The molecule has 18 heavy (non-hydrogen) atoms. The van der Waals surface area contributed by atoms with E-state index in [1.807, 2.05) is 20.9 Å². The quantitative estimate of drug-likeness (QED) is 0.614. The molecule has 2 N–H and O–H groups in total. The van der Waals surface area contributed by atoms with Crippen molar-refractivity contribution in [1.82, 2.24) is 9.97 Å². The first-order valence-corrected chi connectivity index (χ1v) is 7.28. The summed E-state index contributed by atoms with van der Waals surface area (Å²) in [6, 6.07) is 0. The Balaban J connectivity index is 2.97. The van der Waals surface area contributed by atoms with E-state index in [-0.39, 0.29) is 12.5 Å². The molecule has 0 amide bonds. The lowest BCUT2D eigenvalue weighted by Crippen LogP contribution is -2.08. The van der Waals surface area contributed by atoms with Gasteiger partial charge in [-0.2, -0.15) is 0 Å². The molecule has 0 radical (unpaired) electrons. The van der Waals surface area contributed by atoms with Gasteiger partial charge in [-0.1, -0.05) is 20.8 Å². The number of hydrogen-bond donors (Lipinski definition) is 2. The van der Waals surface area contributed by atoms with Crippen molar-refractivity contribution >= 4 is 17.6 Å². The highest BCUT2D eigenvalue weighted by Gasteiger charge is 2.13. The number of nitrogens with one attached hydrogen (secondary N) is 1. The molecule has 0 fully saturated rings. The van der Waals surface area contributed by atoms with Gasteiger partial charge < -0.3 is 10.4 Å². The Hall–Kier alpha value is -0.810. The molecule has 1 heterocycles. The summed E-state index contributed by atoms with van der Waals surface area (Å²) >= 11 is 1.69. The SMILES string of the molecule is CNc1nc(C(C)C)nc(SCC(C)CO)c1C. The molecule has 4 nitrogen and oxygen atoms in total. The fourth-order valence-electron chi connectivity index (χ4n) is 1.43. The van der Waals surface area contributed by atoms with E-state index >= 15 is 0 Å². The van der Waals surface area contributed by atoms with Crippen LogP contribution >= 0.6 is 11.8 Å². The van der Waals surface area contributed by atoms with Gasteiger partial charge in [-0.15, -0.1) is 11.8 Å². The smallest absolute Gasteiger partial charge is 0.134 e. The van der Waals surface area contributed by atoms with Crippen LogP contribution in [0.3, 0.4) is 0 Å². The maximum Gasteiger partial charge on any atom is 0.134 e. The van der Waals surface area contributed by atoms with Crippen molar-refractivity contribution in [1.29, 1.82) is 0 Å². The van der Waals surface area contributed by atoms with Crippen molar-refractivity contribution in [2.24, 2.45) is 5.92 Å². The lowest BCUT2D eigenvalue weighted by molar-refractivity contribution is 0.250. The molecule has 0 saturated carbocycles. The number of aliphatic hydroxyl groups excluding tert-OH is 1. The second kappa shape index (κ2) is 6.95. The van der Waals surface area contributed by atoms with Gasteiger partial charge in [-0.05, 0) is 12.8 Å². The summed E-state index contributed by atoms with van der Waals surface area (Å²) in [5.41, 5.74) is 1.08. The molecule has 102 valence electrons. The van der Waals surface area contributed by atoms with Crippen molar-refractivity contribution in [3.8, 4) is 0 Å². The zero-order valence-electron chi connectivity index (χ0n) is 11.8. The van der Waals surface area contributed by atoms with Crippen LogP contribution in [0, 0.1) is 12.8 Å². The van der Waals surface area contributed by atoms with Crippen LogP contribution < -0.4 is 5.32 Å². The van der Waals surface area contributed by atoms with E-state index < -0.39 is 0 Å². The average Bonchev–Trinajstić information content (AvgIpc) is 2.36. The molecule has 0 spiro atoms. The third-order valence-corrected chi connectivity index (χ3v) is 4.09. The monoisotopic (exact) mass is 269 g/mol. The average molecular weight is 269 g/mol. The summed E-state index contributed by atoms with van der Waals surface area (Å²) in [5, 5.41) is 13.2. The first-order chi connectivity index (χ1) is 8.49. The Morgan fingerprint density at radius 3 is 2.44 bits per heavy atom. The molecule has 0 aliphatic rings. The molecule has 0 bridgehead atoms. The highest BCUT2D eigenvalue weighted by atomic mass is 32.2. The van der Waals surface area contributed by atoms with Crippen molar-refractivity contribution in [2.45, 2.75) is 38.6 Å². The van der Waals surface area contributed by atoms with Crippen LogP contribution in [0.5, 0.6) is 0 Å². The second-order valence-electron chi connectivity index (χ2n) is 4.86. The summed E-state index contributed by atoms with van der Waals surface area (Å²) in [5.74, 6) is 3.23. The molecule has 1 atom stereocenters.